The summed E-state index contributed by atoms with van der Waals surface area (Å²) in [4.78, 5) is 24.6. The van der Waals surface area contributed by atoms with Gasteiger partial charge in [-0.25, -0.2) is 16.8 Å². The zero-order valence-corrected chi connectivity index (χ0v) is 21.4. The lowest BCUT2D eigenvalue weighted by molar-refractivity contribution is 0.102. The number of hydrogen-bond donors (Lipinski definition) is 2. The van der Waals surface area contributed by atoms with Gasteiger partial charge in [-0.2, -0.15) is 8.61 Å². The lowest BCUT2D eigenvalue weighted by Crippen LogP contribution is -2.50. The van der Waals surface area contributed by atoms with Crippen LogP contribution in [-0.2, 0) is 20.0 Å². The SMILES string of the molecule is O=C1Nc2ccc(S(=O)(=O)N3CCN(S(=O)(=O)c4ccc5c6c(cccc46)C(=O)N5)CC3)c3cccc1c23. The van der Waals surface area contributed by atoms with Crippen molar-refractivity contribution >= 4 is 64.8 Å². The van der Waals surface area contributed by atoms with Gasteiger partial charge in [-0.15, -0.1) is 0 Å². The Hall–Kier alpha value is -3.84. The maximum atomic E-state index is 13.7. The lowest BCUT2D eigenvalue weighted by Gasteiger charge is -2.33. The van der Waals surface area contributed by atoms with Crippen LogP contribution in [0.5, 0.6) is 0 Å². The molecule has 2 N–H and O–H groups in total. The summed E-state index contributed by atoms with van der Waals surface area (Å²) in [5.41, 5.74) is 1.98. The quantitative estimate of drug-likeness (QED) is 0.403. The molecular formula is C26H20N4O6S2. The van der Waals surface area contributed by atoms with Gasteiger partial charge in [-0.3, -0.25) is 9.59 Å². The number of hydrogen-bond acceptors (Lipinski definition) is 6. The van der Waals surface area contributed by atoms with Crippen molar-refractivity contribution in [2.75, 3.05) is 36.8 Å². The minimum absolute atomic E-state index is 0.0248. The number of piperazine rings is 1. The molecule has 12 heteroatoms. The van der Waals surface area contributed by atoms with E-state index in [0.29, 0.717) is 44.0 Å². The summed E-state index contributed by atoms with van der Waals surface area (Å²) < 4.78 is 57.2. The molecule has 4 aromatic carbocycles. The second-order valence-corrected chi connectivity index (χ2v) is 13.2. The van der Waals surface area contributed by atoms with Gasteiger partial charge in [0.25, 0.3) is 11.8 Å². The largest absolute Gasteiger partial charge is 0.321 e. The standard InChI is InChI=1S/C26H20N4O6S2/c31-25-17-5-1-3-15-21(9-7-19(27-25)23(15)17)37(33,34)29-11-13-30(14-12-29)38(35,36)22-10-8-20-24-16(22)4-2-6-18(24)26(32)28-20/h1-10H,11-14H2,(H,27,31)(H,28,32). The fourth-order valence-electron chi connectivity index (χ4n) is 5.60. The van der Waals surface area contributed by atoms with Crippen LogP contribution in [0.4, 0.5) is 11.4 Å². The molecular weight excluding hydrogens is 528 g/mol. The van der Waals surface area contributed by atoms with Crippen LogP contribution < -0.4 is 10.6 Å². The van der Waals surface area contributed by atoms with E-state index in [2.05, 4.69) is 10.6 Å². The van der Waals surface area contributed by atoms with Gasteiger partial charge in [-0.1, -0.05) is 24.3 Å². The molecule has 0 saturated carbocycles. The van der Waals surface area contributed by atoms with E-state index in [1.807, 2.05) is 0 Å². The molecule has 4 aromatic rings. The first kappa shape index (κ1) is 23.3. The Balaban J connectivity index is 1.20. The summed E-state index contributed by atoms with van der Waals surface area (Å²) >= 11 is 0. The van der Waals surface area contributed by atoms with Gasteiger partial charge in [0.2, 0.25) is 20.0 Å². The van der Waals surface area contributed by atoms with E-state index >= 15 is 0 Å². The van der Waals surface area contributed by atoms with Crippen LogP contribution in [0.1, 0.15) is 20.7 Å². The van der Waals surface area contributed by atoms with Crippen LogP contribution in [0.15, 0.2) is 70.5 Å². The van der Waals surface area contributed by atoms with E-state index in [0.717, 1.165) is 0 Å². The molecule has 3 aliphatic rings. The van der Waals surface area contributed by atoms with E-state index in [1.54, 1.807) is 48.5 Å². The van der Waals surface area contributed by atoms with Crippen molar-refractivity contribution in [3.63, 3.8) is 0 Å². The molecule has 3 aliphatic heterocycles. The Morgan fingerprint density at radius 1 is 0.553 bits per heavy atom. The predicted octanol–water partition coefficient (Wildman–Crippen LogP) is 2.82. The number of nitrogens with one attached hydrogen (secondary N) is 2. The second-order valence-electron chi connectivity index (χ2n) is 9.40. The van der Waals surface area contributed by atoms with Crippen molar-refractivity contribution in [1.82, 2.24) is 8.61 Å². The summed E-state index contributed by atoms with van der Waals surface area (Å²) in [6, 6.07) is 16.1. The molecule has 38 heavy (non-hydrogen) atoms. The number of sulfonamides is 2. The number of carbonyl (C=O) groups excluding carboxylic acids is 2. The number of carbonyl (C=O) groups is 2. The molecule has 0 unspecified atom stereocenters. The van der Waals surface area contributed by atoms with Gasteiger partial charge in [-0.05, 0) is 36.4 Å². The molecule has 0 radical (unpaired) electrons. The molecule has 1 saturated heterocycles. The third-order valence-electron chi connectivity index (χ3n) is 7.42. The molecule has 192 valence electrons. The Labute approximate surface area is 217 Å². The van der Waals surface area contributed by atoms with Crippen molar-refractivity contribution in [3.05, 3.63) is 71.8 Å². The van der Waals surface area contributed by atoms with Gasteiger partial charge in [0.1, 0.15) is 0 Å². The number of nitrogens with zero attached hydrogens (tertiary/aromatic N) is 2. The van der Waals surface area contributed by atoms with Crippen molar-refractivity contribution in [1.29, 1.82) is 0 Å². The monoisotopic (exact) mass is 548 g/mol. The normalized spacial score (nSPS) is 17.8. The molecule has 0 bridgehead atoms. The summed E-state index contributed by atoms with van der Waals surface area (Å²) in [5.74, 6) is -0.552. The van der Waals surface area contributed by atoms with Gasteiger partial charge in [0.05, 0.1) is 9.79 Å². The molecule has 7 rings (SSSR count). The third-order valence-corrected chi connectivity index (χ3v) is 11.3. The smallest absolute Gasteiger partial charge is 0.256 e. The van der Waals surface area contributed by atoms with Crippen LogP contribution in [0.2, 0.25) is 0 Å². The first-order valence-corrected chi connectivity index (χ1v) is 14.8. The van der Waals surface area contributed by atoms with Crippen LogP contribution in [0.3, 0.4) is 0 Å². The van der Waals surface area contributed by atoms with Crippen LogP contribution in [0.25, 0.3) is 21.5 Å². The maximum Gasteiger partial charge on any atom is 0.256 e. The van der Waals surface area contributed by atoms with Crippen molar-refractivity contribution < 1.29 is 26.4 Å². The highest BCUT2D eigenvalue weighted by atomic mass is 32.2. The fourth-order valence-corrected chi connectivity index (χ4v) is 8.82. The minimum atomic E-state index is -3.96. The Morgan fingerprint density at radius 3 is 1.34 bits per heavy atom. The molecule has 0 aliphatic carbocycles. The van der Waals surface area contributed by atoms with Gasteiger partial charge in [0.15, 0.2) is 0 Å². The lowest BCUT2D eigenvalue weighted by atomic mass is 10.1. The number of anilines is 2. The zero-order valence-electron chi connectivity index (χ0n) is 19.8. The molecule has 0 aromatic heterocycles. The Bertz CT molecular complexity index is 1820. The zero-order chi connectivity index (χ0) is 26.4. The van der Waals surface area contributed by atoms with Crippen molar-refractivity contribution in [3.8, 4) is 0 Å². The number of rotatable bonds is 4. The Kier molecular flexibility index (Phi) is 4.80. The van der Waals surface area contributed by atoms with Crippen molar-refractivity contribution in [2.24, 2.45) is 0 Å². The highest BCUT2D eigenvalue weighted by Crippen LogP contribution is 2.39. The fraction of sp³-hybridized carbons (Fsp3) is 0.154. The summed E-state index contributed by atoms with van der Waals surface area (Å²) in [5, 5.41) is 7.53. The van der Waals surface area contributed by atoms with Crippen LogP contribution in [-0.4, -0.2) is 63.4 Å². The van der Waals surface area contributed by atoms with Crippen LogP contribution >= 0.6 is 0 Å². The molecule has 0 spiro atoms. The second kappa shape index (κ2) is 7.84. The third kappa shape index (κ3) is 3.11. The van der Waals surface area contributed by atoms with Gasteiger partial charge in [0, 0.05) is 70.2 Å². The highest BCUT2D eigenvalue weighted by molar-refractivity contribution is 7.89. The van der Waals surface area contributed by atoms with E-state index in [9.17, 15) is 26.4 Å². The Morgan fingerprint density at radius 2 is 0.947 bits per heavy atom. The molecule has 1 fully saturated rings. The number of amides is 2. The van der Waals surface area contributed by atoms with Gasteiger partial charge < -0.3 is 10.6 Å². The summed E-state index contributed by atoms with van der Waals surface area (Å²) in [6.07, 6.45) is 0. The van der Waals surface area contributed by atoms with E-state index < -0.39 is 20.0 Å². The topological polar surface area (TPSA) is 133 Å². The number of benzene rings is 4. The predicted molar refractivity (Wildman–Crippen MR) is 141 cm³/mol. The molecule has 0 atom stereocenters. The van der Waals surface area contributed by atoms with Gasteiger partial charge >= 0.3 is 0 Å². The van der Waals surface area contributed by atoms with E-state index in [1.165, 1.54) is 20.7 Å². The summed E-state index contributed by atoms with van der Waals surface area (Å²) in [7, 11) is -7.92. The average Bonchev–Trinajstić information content (AvgIpc) is 3.42. The summed E-state index contributed by atoms with van der Waals surface area (Å²) in [6.45, 7) is -0.0993. The minimum Gasteiger partial charge on any atom is -0.321 e. The molecule has 2 amide bonds. The average molecular weight is 549 g/mol. The van der Waals surface area contributed by atoms with E-state index in [-0.39, 0.29) is 47.8 Å². The molecule has 3 heterocycles. The van der Waals surface area contributed by atoms with Crippen LogP contribution in [0, 0.1) is 0 Å². The van der Waals surface area contributed by atoms with Crippen molar-refractivity contribution in [2.45, 2.75) is 9.79 Å². The molecule has 10 nitrogen and oxygen atoms in total. The maximum absolute atomic E-state index is 13.7. The highest BCUT2D eigenvalue weighted by Gasteiger charge is 2.37. The van der Waals surface area contributed by atoms with E-state index in [4.69, 9.17) is 0 Å². The first-order chi connectivity index (χ1) is 18.2. The first-order valence-electron chi connectivity index (χ1n) is 11.9.